The number of phenolic OH excluding ortho intramolecular Hbond substituents is 1. The highest BCUT2D eigenvalue weighted by Crippen LogP contribution is 2.29. The fourth-order valence-electron chi connectivity index (χ4n) is 1.88. The molecule has 0 atom stereocenters. The van der Waals surface area contributed by atoms with Gasteiger partial charge >= 0.3 is 5.97 Å². The summed E-state index contributed by atoms with van der Waals surface area (Å²) in [6.45, 7) is 2.12. The van der Waals surface area contributed by atoms with E-state index in [1.54, 1.807) is 44.4 Å². The summed E-state index contributed by atoms with van der Waals surface area (Å²) in [5.74, 6) is 0.371. The van der Waals surface area contributed by atoms with Crippen LogP contribution in [-0.4, -0.2) is 24.8 Å². The number of esters is 1. The Bertz CT molecular complexity index is 602. The van der Waals surface area contributed by atoms with Crippen molar-refractivity contribution >= 4 is 5.97 Å². The van der Waals surface area contributed by atoms with Crippen LogP contribution >= 0.6 is 0 Å². The van der Waals surface area contributed by atoms with Gasteiger partial charge in [-0.2, -0.15) is 0 Å². The van der Waals surface area contributed by atoms with Crippen LogP contribution in [0.25, 0.3) is 11.1 Å². The predicted octanol–water partition coefficient (Wildman–Crippen LogP) is 3.24. The van der Waals surface area contributed by atoms with E-state index in [4.69, 9.17) is 9.47 Å². The molecule has 0 radical (unpaired) electrons. The first kappa shape index (κ1) is 13.9. The van der Waals surface area contributed by atoms with Gasteiger partial charge in [-0.3, -0.25) is 0 Å². The molecule has 2 rings (SSSR count). The quantitative estimate of drug-likeness (QED) is 0.868. The molecule has 104 valence electrons. The number of carbonyl (C=O) groups is 1. The monoisotopic (exact) mass is 272 g/mol. The third-order valence-corrected chi connectivity index (χ3v) is 2.86. The third kappa shape index (κ3) is 3.09. The molecule has 0 saturated heterocycles. The Kier molecular flexibility index (Phi) is 4.25. The molecule has 20 heavy (non-hydrogen) atoms. The van der Waals surface area contributed by atoms with Gasteiger partial charge in [0.05, 0.1) is 19.3 Å². The number of carbonyl (C=O) groups excluding carboxylic acids is 1. The minimum Gasteiger partial charge on any atom is -0.508 e. The van der Waals surface area contributed by atoms with Crippen molar-refractivity contribution in [2.24, 2.45) is 0 Å². The number of aromatic hydroxyl groups is 1. The SMILES string of the molecule is CCOC(=O)c1ccc(-c2cc(O)cc(OC)c2)cc1. The second-order valence-electron chi connectivity index (χ2n) is 4.22. The molecule has 0 aliphatic heterocycles. The molecule has 2 aromatic carbocycles. The normalized spacial score (nSPS) is 10.1. The lowest BCUT2D eigenvalue weighted by atomic mass is 10.0. The van der Waals surface area contributed by atoms with Gasteiger partial charge in [0.2, 0.25) is 0 Å². The molecular formula is C16H16O4. The van der Waals surface area contributed by atoms with Crippen LogP contribution in [0.2, 0.25) is 0 Å². The van der Waals surface area contributed by atoms with Crippen LogP contribution in [0.3, 0.4) is 0 Å². The first-order valence-corrected chi connectivity index (χ1v) is 6.29. The standard InChI is InChI=1S/C16H16O4/c1-3-20-16(18)12-6-4-11(5-7-12)13-8-14(17)10-15(9-13)19-2/h4-10,17H,3H2,1-2H3. The average Bonchev–Trinajstić information content (AvgIpc) is 2.47. The number of hydrogen-bond acceptors (Lipinski definition) is 4. The molecule has 0 aromatic heterocycles. The van der Waals surface area contributed by atoms with E-state index in [1.807, 2.05) is 6.07 Å². The van der Waals surface area contributed by atoms with E-state index in [1.165, 1.54) is 6.07 Å². The zero-order chi connectivity index (χ0) is 14.5. The van der Waals surface area contributed by atoms with Crippen molar-refractivity contribution in [1.29, 1.82) is 0 Å². The molecule has 0 amide bonds. The third-order valence-electron chi connectivity index (χ3n) is 2.86. The molecule has 0 heterocycles. The molecule has 1 N–H and O–H groups in total. The van der Waals surface area contributed by atoms with E-state index in [2.05, 4.69) is 0 Å². The summed E-state index contributed by atoms with van der Waals surface area (Å²) < 4.78 is 10.0. The topological polar surface area (TPSA) is 55.8 Å². The van der Waals surface area contributed by atoms with E-state index in [9.17, 15) is 9.90 Å². The fourth-order valence-corrected chi connectivity index (χ4v) is 1.88. The highest BCUT2D eigenvalue weighted by atomic mass is 16.5. The Morgan fingerprint density at radius 3 is 2.40 bits per heavy atom. The van der Waals surface area contributed by atoms with E-state index < -0.39 is 0 Å². The number of hydrogen-bond donors (Lipinski definition) is 1. The lowest BCUT2D eigenvalue weighted by Crippen LogP contribution is -2.03. The van der Waals surface area contributed by atoms with Gasteiger partial charge in [-0.05, 0) is 42.3 Å². The minimum absolute atomic E-state index is 0.133. The fraction of sp³-hybridized carbons (Fsp3) is 0.188. The van der Waals surface area contributed by atoms with Crippen LogP contribution in [0.15, 0.2) is 42.5 Å². The molecular weight excluding hydrogens is 256 g/mol. The van der Waals surface area contributed by atoms with Crippen molar-refractivity contribution in [2.45, 2.75) is 6.92 Å². The molecule has 0 saturated carbocycles. The Balaban J connectivity index is 2.30. The molecule has 4 heteroatoms. The van der Waals surface area contributed by atoms with E-state index in [0.29, 0.717) is 17.9 Å². The van der Waals surface area contributed by atoms with E-state index in [0.717, 1.165) is 11.1 Å². The molecule has 0 aliphatic rings. The molecule has 0 aliphatic carbocycles. The van der Waals surface area contributed by atoms with Gasteiger partial charge < -0.3 is 14.6 Å². The number of benzene rings is 2. The van der Waals surface area contributed by atoms with Crippen molar-refractivity contribution in [3.63, 3.8) is 0 Å². The molecule has 0 bridgehead atoms. The highest BCUT2D eigenvalue weighted by Gasteiger charge is 2.07. The summed E-state index contributed by atoms with van der Waals surface area (Å²) in [6.07, 6.45) is 0. The number of methoxy groups -OCH3 is 1. The second-order valence-corrected chi connectivity index (χ2v) is 4.22. The van der Waals surface area contributed by atoms with Gasteiger partial charge in [0, 0.05) is 6.07 Å². The number of rotatable bonds is 4. The summed E-state index contributed by atoms with van der Waals surface area (Å²) in [5.41, 5.74) is 2.20. The molecule has 0 fully saturated rings. The molecule has 4 nitrogen and oxygen atoms in total. The van der Waals surface area contributed by atoms with Crippen molar-refractivity contribution < 1.29 is 19.4 Å². The Hall–Kier alpha value is -2.49. The van der Waals surface area contributed by atoms with Gasteiger partial charge in [-0.1, -0.05) is 12.1 Å². The van der Waals surface area contributed by atoms with Crippen LogP contribution in [-0.2, 0) is 4.74 Å². The van der Waals surface area contributed by atoms with Crippen molar-refractivity contribution in [3.05, 3.63) is 48.0 Å². The summed E-state index contributed by atoms with van der Waals surface area (Å²) in [6, 6.07) is 12.0. The van der Waals surface area contributed by atoms with Gasteiger partial charge in [-0.15, -0.1) is 0 Å². The molecule has 2 aromatic rings. The smallest absolute Gasteiger partial charge is 0.338 e. The van der Waals surface area contributed by atoms with Crippen molar-refractivity contribution in [1.82, 2.24) is 0 Å². The highest BCUT2D eigenvalue weighted by molar-refractivity contribution is 5.90. The van der Waals surface area contributed by atoms with Gasteiger partial charge in [0.15, 0.2) is 0 Å². The van der Waals surface area contributed by atoms with Gasteiger partial charge in [0.25, 0.3) is 0 Å². The van der Waals surface area contributed by atoms with Gasteiger partial charge in [0.1, 0.15) is 11.5 Å². The Morgan fingerprint density at radius 2 is 1.80 bits per heavy atom. The molecule has 0 spiro atoms. The number of phenols is 1. The van der Waals surface area contributed by atoms with Crippen LogP contribution in [0, 0.1) is 0 Å². The lowest BCUT2D eigenvalue weighted by molar-refractivity contribution is 0.0526. The van der Waals surface area contributed by atoms with E-state index in [-0.39, 0.29) is 11.7 Å². The maximum Gasteiger partial charge on any atom is 0.338 e. The summed E-state index contributed by atoms with van der Waals surface area (Å²) >= 11 is 0. The zero-order valence-electron chi connectivity index (χ0n) is 11.4. The van der Waals surface area contributed by atoms with Crippen LogP contribution in [0.5, 0.6) is 11.5 Å². The van der Waals surface area contributed by atoms with Crippen LogP contribution in [0.1, 0.15) is 17.3 Å². The maximum absolute atomic E-state index is 11.6. The predicted molar refractivity (Wildman–Crippen MR) is 76.1 cm³/mol. The van der Waals surface area contributed by atoms with Crippen molar-refractivity contribution in [3.8, 4) is 22.6 Å². The Labute approximate surface area is 117 Å². The first-order valence-electron chi connectivity index (χ1n) is 6.29. The first-order chi connectivity index (χ1) is 9.63. The molecule has 0 unspecified atom stereocenters. The number of ether oxygens (including phenoxy) is 2. The maximum atomic E-state index is 11.6. The van der Waals surface area contributed by atoms with Crippen LogP contribution < -0.4 is 4.74 Å². The summed E-state index contributed by atoms with van der Waals surface area (Å²) in [4.78, 5) is 11.6. The zero-order valence-corrected chi connectivity index (χ0v) is 11.4. The second kappa shape index (κ2) is 6.10. The summed E-state index contributed by atoms with van der Waals surface area (Å²) in [5, 5.41) is 9.64. The van der Waals surface area contributed by atoms with Gasteiger partial charge in [-0.25, -0.2) is 4.79 Å². The van der Waals surface area contributed by atoms with Crippen LogP contribution in [0.4, 0.5) is 0 Å². The minimum atomic E-state index is -0.340. The summed E-state index contributed by atoms with van der Waals surface area (Å²) in [7, 11) is 1.54. The largest absolute Gasteiger partial charge is 0.508 e. The lowest BCUT2D eigenvalue weighted by Gasteiger charge is -2.07. The van der Waals surface area contributed by atoms with Crippen molar-refractivity contribution in [2.75, 3.05) is 13.7 Å². The van der Waals surface area contributed by atoms with E-state index >= 15 is 0 Å². The Morgan fingerprint density at radius 1 is 1.10 bits per heavy atom. The average molecular weight is 272 g/mol.